The Morgan fingerprint density at radius 3 is 2.64 bits per heavy atom. The van der Waals surface area contributed by atoms with Crippen molar-refractivity contribution in [3.05, 3.63) is 18.2 Å². The van der Waals surface area contributed by atoms with Crippen molar-refractivity contribution in [3.8, 4) is 11.5 Å². The summed E-state index contributed by atoms with van der Waals surface area (Å²) in [5.74, 6) is 3.21. The molecule has 122 valence electrons. The molecule has 2 N–H and O–H groups in total. The number of ether oxygens (including phenoxy) is 2. The molecule has 0 atom stereocenters. The number of hydrogen-bond acceptors (Lipinski definition) is 3. The standard InChI is InChI=1S/C17H27N3O2/c1-4-18-17(19-11-5-6-13-7-8-13)20-14-9-10-15(21-2)16(12-14)22-3/h9-10,12-13H,4-8,11H2,1-3H3,(H2,18,19,20). The SMILES string of the molecule is CCNC(=NCCCC1CC1)Nc1ccc(OC)c(OC)c1. The van der Waals surface area contributed by atoms with E-state index < -0.39 is 0 Å². The zero-order valence-electron chi connectivity index (χ0n) is 13.8. The van der Waals surface area contributed by atoms with Gasteiger partial charge in [0.25, 0.3) is 0 Å². The molecule has 1 saturated carbocycles. The molecule has 0 saturated heterocycles. The van der Waals surface area contributed by atoms with Crippen LogP contribution in [-0.4, -0.2) is 33.3 Å². The van der Waals surface area contributed by atoms with Gasteiger partial charge in [0, 0.05) is 24.8 Å². The molecule has 0 bridgehead atoms. The molecule has 0 heterocycles. The lowest BCUT2D eigenvalue weighted by molar-refractivity contribution is 0.355. The number of aliphatic imine (C=N–C) groups is 1. The van der Waals surface area contributed by atoms with E-state index in [0.717, 1.165) is 42.8 Å². The average molecular weight is 305 g/mol. The molecule has 5 nitrogen and oxygen atoms in total. The first kappa shape index (κ1) is 16.5. The lowest BCUT2D eigenvalue weighted by Gasteiger charge is -2.13. The van der Waals surface area contributed by atoms with Gasteiger partial charge < -0.3 is 20.1 Å². The number of methoxy groups -OCH3 is 2. The second kappa shape index (κ2) is 8.51. The van der Waals surface area contributed by atoms with Crippen molar-refractivity contribution in [1.82, 2.24) is 5.32 Å². The average Bonchev–Trinajstić information content (AvgIpc) is 3.35. The van der Waals surface area contributed by atoms with Crippen molar-refractivity contribution in [2.45, 2.75) is 32.6 Å². The fourth-order valence-electron chi connectivity index (χ4n) is 2.34. The predicted octanol–water partition coefficient (Wildman–Crippen LogP) is 3.27. The summed E-state index contributed by atoms with van der Waals surface area (Å²) in [6, 6.07) is 5.76. The zero-order valence-corrected chi connectivity index (χ0v) is 13.8. The van der Waals surface area contributed by atoms with Crippen molar-refractivity contribution in [1.29, 1.82) is 0 Å². The molecule has 0 aromatic heterocycles. The minimum absolute atomic E-state index is 0.706. The number of hydrogen-bond donors (Lipinski definition) is 2. The second-order valence-electron chi connectivity index (χ2n) is 5.54. The minimum atomic E-state index is 0.706. The summed E-state index contributed by atoms with van der Waals surface area (Å²) in [5.41, 5.74) is 0.930. The van der Waals surface area contributed by atoms with Gasteiger partial charge in [-0.2, -0.15) is 0 Å². The second-order valence-corrected chi connectivity index (χ2v) is 5.54. The molecule has 1 fully saturated rings. The highest BCUT2D eigenvalue weighted by molar-refractivity contribution is 5.93. The van der Waals surface area contributed by atoms with Crippen LogP contribution in [0.15, 0.2) is 23.2 Å². The number of nitrogens with one attached hydrogen (secondary N) is 2. The van der Waals surface area contributed by atoms with E-state index in [1.165, 1.54) is 19.3 Å². The van der Waals surface area contributed by atoms with Crippen molar-refractivity contribution in [2.75, 3.05) is 32.6 Å². The van der Waals surface area contributed by atoms with Crippen molar-refractivity contribution < 1.29 is 9.47 Å². The van der Waals surface area contributed by atoms with Gasteiger partial charge in [-0.3, -0.25) is 4.99 Å². The number of nitrogens with zero attached hydrogens (tertiary/aromatic N) is 1. The molecular weight excluding hydrogens is 278 g/mol. The first-order valence-electron chi connectivity index (χ1n) is 8.04. The molecule has 1 aliphatic rings. The Bertz CT molecular complexity index is 499. The highest BCUT2D eigenvalue weighted by Crippen LogP contribution is 2.33. The molecule has 5 heteroatoms. The number of benzene rings is 1. The Kier molecular flexibility index (Phi) is 6.37. The van der Waals surface area contributed by atoms with Gasteiger partial charge in [-0.15, -0.1) is 0 Å². The van der Waals surface area contributed by atoms with E-state index in [4.69, 9.17) is 9.47 Å². The van der Waals surface area contributed by atoms with Crippen LogP contribution in [0.1, 0.15) is 32.6 Å². The summed E-state index contributed by atoms with van der Waals surface area (Å²) in [7, 11) is 3.27. The van der Waals surface area contributed by atoms with E-state index >= 15 is 0 Å². The first-order valence-corrected chi connectivity index (χ1v) is 8.04. The van der Waals surface area contributed by atoms with E-state index in [9.17, 15) is 0 Å². The highest BCUT2D eigenvalue weighted by Gasteiger charge is 2.19. The molecule has 1 aliphatic carbocycles. The van der Waals surface area contributed by atoms with Gasteiger partial charge in [0.1, 0.15) is 0 Å². The van der Waals surface area contributed by atoms with E-state index in [-0.39, 0.29) is 0 Å². The number of guanidine groups is 1. The summed E-state index contributed by atoms with van der Waals surface area (Å²) in [5, 5.41) is 6.58. The molecular formula is C17H27N3O2. The molecule has 22 heavy (non-hydrogen) atoms. The van der Waals surface area contributed by atoms with Crippen molar-refractivity contribution in [2.24, 2.45) is 10.9 Å². The quantitative estimate of drug-likeness (QED) is 0.440. The van der Waals surface area contributed by atoms with E-state index in [0.29, 0.717) is 5.75 Å². The van der Waals surface area contributed by atoms with Gasteiger partial charge in [-0.1, -0.05) is 12.8 Å². The van der Waals surface area contributed by atoms with Gasteiger partial charge in [-0.05, 0) is 37.8 Å². The van der Waals surface area contributed by atoms with E-state index in [2.05, 4.69) is 22.5 Å². The van der Waals surface area contributed by atoms with Crippen LogP contribution in [0.25, 0.3) is 0 Å². The number of rotatable bonds is 8. The van der Waals surface area contributed by atoms with Gasteiger partial charge in [0.15, 0.2) is 17.5 Å². The van der Waals surface area contributed by atoms with Crippen LogP contribution in [-0.2, 0) is 0 Å². The highest BCUT2D eigenvalue weighted by atomic mass is 16.5. The fraction of sp³-hybridized carbons (Fsp3) is 0.588. The van der Waals surface area contributed by atoms with Crippen LogP contribution in [0.4, 0.5) is 5.69 Å². The molecule has 2 rings (SSSR count). The normalized spacial score (nSPS) is 14.6. The van der Waals surface area contributed by atoms with Crippen LogP contribution >= 0.6 is 0 Å². The van der Waals surface area contributed by atoms with Crippen LogP contribution in [0, 0.1) is 5.92 Å². The zero-order chi connectivity index (χ0) is 15.8. The molecule has 1 aromatic rings. The third-order valence-electron chi connectivity index (χ3n) is 3.73. The van der Waals surface area contributed by atoms with Crippen LogP contribution in [0.2, 0.25) is 0 Å². The maximum absolute atomic E-state index is 5.32. The summed E-state index contributed by atoms with van der Waals surface area (Å²) in [6.45, 7) is 3.76. The smallest absolute Gasteiger partial charge is 0.195 e. The molecule has 0 radical (unpaired) electrons. The summed E-state index contributed by atoms with van der Waals surface area (Å²) in [4.78, 5) is 4.63. The van der Waals surface area contributed by atoms with Gasteiger partial charge in [0.05, 0.1) is 14.2 Å². The Morgan fingerprint density at radius 1 is 1.23 bits per heavy atom. The Labute approximate surface area is 133 Å². The van der Waals surface area contributed by atoms with E-state index in [1.54, 1.807) is 14.2 Å². The van der Waals surface area contributed by atoms with E-state index in [1.807, 2.05) is 18.2 Å². The molecule has 0 aliphatic heterocycles. The first-order chi connectivity index (χ1) is 10.8. The topological polar surface area (TPSA) is 54.9 Å². The Hall–Kier alpha value is -1.91. The molecule has 1 aromatic carbocycles. The number of anilines is 1. The predicted molar refractivity (Wildman–Crippen MR) is 91.1 cm³/mol. The summed E-state index contributed by atoms with van der Waals surface area (Å²) >= 11 is 0. The molecule has 0 unspecified atom stereocenters. The monoisotopic (exact) mass is 305 g/mol. The van der Waals surface area contributed by atoms with Crippen LogP contribution < -0.4 is 20.1 Å². The minimum Gasteiger partial charge on any atom is -0.493 e. The summed E-state index contributed by atoms with van der Waals surface area (Å²) < 4.78 is 10.6. The van der Waals surface area contributed by atoms with Crippen molar-refractivity contribution in [3.63, 3.8) is 0 Å². The summed E-state index contributed by atoms with van der Waals surface area (Å²) in [6.07, 6.45) is 5.29. The lowest BCUT2D eigenvalue weighted by Crippen LogP contribution is -2.30. The Morgan fingerprint density at radius 2 is 2.00 bits per heavy atom. The van der Waals surface area contributed by atoms with Gasteiger partial charge in [-0.25, -0.2) is 0 Å². The molecule has 0 spiro atoms. The third kappa shape index (κ3) is 5.13. The largest absolute Gasteiger partial charge is 0.493 e. The van der Waals surface area contributed by atoms with Gasteiger partial charge >= 0.3 is 0 Å². The maximum Gasteiger partial charge on any atom is 0.195 e. The fourth-order valence-corrected chi connectivity index (χ4v) is 2.34. The maximum atomic E-state index is 5.32. The molecule has 0 amide bonds. The Balaban J connectivity index is 1.94. The van der Waals surface area contributed by atoms with Crippen molar-refractivity contribution >= 4 is 11.6 Å². The van der Waals surface area contributed by atoms with Crippen LogP contribution in [0.3, 0.4) is 0 Å². The van der Waals surface area contributed by atoms with Crippen LogP contribution in [0.5, 0.6) is 11.5 Å². The third-order valence-corrected chi connectivity index (χ3v) is 3.73. The lowest BCUT2D eigenvalue weighted by atomic mass is 10.2. The van der Waals surface area contributed by atoms with Gasteiger partial charge in [0.2, 0.25) is 0 Å².